The Labute approximate surface area is 244 Å². The maximum absolute atomic E-state index is 14.2. The van der Waals surface area contributed by atoms with Crippen molar-refractivity contribution in [1.29, 1.82) is 0 Å². The van der Waals surface area contributed by atoms with E-state index in [0.29, 0.717) is 12.1 Å². The van der Waals surface area contributed by atoms with Crippen molar-refractivity contribution >= 4 is 27.5 Å². The predicted molar refractivity (Wildman–Crippen MR) is 164 cm³/mol. The lowest BCUT2D eigenvalue weighted by atomic mass is 9.94. The number of amides is 2. The van der Waals surface area contributed by atoms with Crippen molar-refractivity contribution in [2.24, 2.45) is 0 Å². The molecule has 0 saturated heterocycles. The van der Waals surface area contributed by atoms with Crippen LogP contribution in [0.3, 0.4) is 0 Å². The first-order valence-corrected chi connectivity index (χ1v) is 16.2. The second kappa shape index (κ2) is 13.8. The molecule has 218 valence electrons. The smallest absolute Gasteiger partial charge is 0.244 e. The number of carbonyl (C=O) groups excluding carboxylic acids is 2. The van der Waals surface area contributed by atoms with Crippen molar-refractivity contribution in [2.45, 2.75) is 71.0 Å². The first kappa shape index (κ1) is 30.3. The van der Waals surface area contributed by atoms with Crippen LogP contribution in [0.25, 0.3) is 0 Å². The van der Waals surface area contributed by atoms with E-state index in [1.54, 1.807) is 23.1 Å². The molecule has 1 N–H and O–H groups in total. The second-order valence-corrected chi connectivity index (χ2v) is 13.0. The number of rotatable bonds is 11. The second-order valence-electron chi connectivity index (χ2n) is 11.1. The SMILES string of the molecule is Cc1cccc(N(CC(=O)N(Cc2ccccc2C)[C@H](Cc2ccccc2)C(=O)NC2CCCCC2)S(C)(=O)=O)c1. The zero-order valence-corrected chi connectivity index (χ0v) is 25.1. The van der Waals surface area contributed by atoms with Crippen LogP contribution in [0.1, 0.15) is 54.4 Å². The van der Waals surface area contributed by atoms with E-state index in [0.717, 1.165) is 64.9 Å². The zero-order valence-electron chi connectivity index (χ0n) is 24.3. The van der Waals surface area contributed by atoms with Gasteiger partial charge in [0, 0.05) is 19.0 Å². The first-order chi connectivity index (χ1) is 19.6. The van der Waals surface area contributed by atoms with E-state index in [2.05, 4.69) is 5.32 Å². The molecule has 1 aliphatic rings. The van der Waals surface area contributed by atoms with Crippen molar-refractivity contribution in [3.63, 3.8) is 0 Å². The van der Waals surface area contributed by atoms with Crippen molar-refractivity contribution in [1.82, 2.24) is 10.2 Å². The number of nitrogens with zero attached hydrogens (tertiary/aromatic N) is 2. The highest BCUT2D eigenvalue weighted by Crippen LogP contribution is 2.23. The van der Waals surface area contributed by atoms with Gasteiger partial charge in [-0.3, -0.25) is 13.9 Å². The minimum atomic E-state index is -3.79. The van der Waals surface area contributed by atoms with Gasteiger partial charge in [-0.25, -0.2) is 8.42 Å². The third-order valence-electron chi connectivity index (χ3n) is 7.79. The van der Waals surface area contributed by atoms with E-state index in [9.17, 15) is 18.0 Å². The van der Waals surface area contributed by atoms with Crippen LogP contribution in [0.15, 0.2) is 78.9 Å². The summed E-state index contributed by atoms with van der Waals surface area (Å²) in [5, 5.41) is 3.23. The maximum atomic E-state index is 14.2. The monoisotopic (exact) mass is 575 g/mol. The number of hydrogen-bond acceptors (Lipinski definition) is 4. The summed E-state index contributed by atoms with van der Waals surface area (Å²) >= 11 is 0. The van der Waals surface area contributed by atoms with Gasteiger partial charge in [-0.15, -0.1) is 0 Å². The molecule has 0 aliphatic heterocycles. The van der Waals surface area contributed by atoms with Gasteiger partial charge in [-0.2, -0.15) is 0 Å². The lowest BCUT2D eigenvalue weighted by Gasteiger charge is -2.35. The number of nitrogens with one attached hydrogen (secondary N) is 1. The fourth-order valence-corrected chi connectivity index (χ4v) is 6.31. The van der Waals surface area contributed by atoms with Crippen LogP contribution < -0.4 is 9.62 Å². The third kappa shape index (κ3) is 8.43. The lowest BCUT2D eigenvalue weighted by Crippen LogP contribution is -2.55. The van der Waals surface area contributed by atoms with Crippen LogP contribution >= 0.6 is 0 Å². The number of aryl methyl sites for hydroxylation is 2. The van der Waals surface area contributed by atoms with Gasteiger partial charge in [-0.05, 0) is 61.1 Å². The molecule has 3 aromatic carbocycles. The van der Waals surface area contributed by atoms with Crippen LogP contribution in [-0.4, -0.2) is 50.0 Å². The lowest BCUT2D eigenvalue weighted by molar-refractivity contribution is -0.140. The molecule has 2 amide bonds. The number of sulfonamides is 1. The van der Waals surface area contributed by atoms with Crippen LogP contribution in [0.4, 0.5) is 5.69 Å². The molecule has 1 saturated carbocycles. The number of carbonyl (C=O) groups is 2. The van der Waals surface area contributed by atoms with Gasteiger partial charge in [0.05, 0.1) is 11.9 Å². The van der Waals surface area contributed by atoms with Crippen molar-refractivity contribution in [3.8, 4) is 0 Å². The van der Waals surface area contributed by atoms with E-state index in [1.807, 2.05) is 74.5 Å². The standard InChI is InChI=1S/C33H41N3O4S/c1-25-13-12-20-30(21-25)36(41(3,39)40)24-32(37)35(23-28-17-11-10-14-26(28)2)31(22-27-15-6-4-7-16-27)33(38)34-29-18-8-5-9-19-29/h4,6-7,10-17,20-21,29,31H,5,8-9,18-19,22-24H2,1-3H3,(H,34,38)/t31-/m1/s1. The van der Waals surface area contributed by atoms with E-state index in [4.69, 9.17) is 0 Å². The third-order valence-corrected chi connectivity index (χ3v) is 8.93. The Kier molecular flexibility index (Phi) is 10.2. The number of benzene rings is 3. The summed E-state index contributed by atoms with van der Waals surface area (Å²) in [5.41, 5.74) is 4.13. The fourth-order valence-electron chi connectivity index (χ4n) is 5.47. The van der Waals surface area contributed by atoms with E-state index < -0.39 is 28.5 Å². The van der Waals surface area contributed by atoms with Crippen LogP contribution in [0.5, 0.6) is 0 Å². The summed E-state index contributed by atoms with van der Waals surface area (Å²) in [5.74, 6) is -0.635. The van der Waals surface area contributed by atoms with Crippen molar-refractivity contribution in [3.05, 3.63) is 101 Å². The number of hydrogen-bond donors (Lipinski definition) is 1. The minimum Gasteiger partial charge on any atom is -0.352 e. The zero-order chi connectivity index (χ0) is 29.4. The summed E-state index contributed by atoms with van der Waals surface area (Å²) < 4.78 is 27.0. The Bertz CT molecular complexity index is 1440. The topological polar surface area (TPSA) is 86.8 Å². The summed E-state index contributed by atoms with van der Waals surface area (Å²) in [6.45, 7) is 3.63. The molecule has 0 unspecified atom stereocenters. The largest absolute Gasteiger partial charge is 0.352 e. The molecule has 0 aromatic heterocycles. The Morgan fingerprint density at radius 3 is 2.24 bits per heavy atom. The van der Waals surface area contributed by atoms with Gasteiger partial charge in [0.1, 0.15) is 12.6 Å². The van der Waals surface area contributed by atoms with Gasteiger partial charge in [0.2, 0.25) is 21.8 Å². The summed E-state index contributed by atoms with van der Waals surface area (Å²) in [6.07, 6.45) is 6.57. The van der Waals surface area contributed by atoms with E-state index in [1.165, 1.54) is 0 Å². The van der Waals surface area contributed by atoms with Gasteiger partial charge < -0.3 is 10.2 Å². The molecule has 0 spiro atoms. The highest BCUT2D eigenvalue weighted by Gasteiger charge is 2.34. The number of anilines is 1. The van der Waals surface area contributed by atoms with E-state index >= 15 is 0 Å². The van der Waals surface area contributed by atoms with Crippen LogP contribution in [-0.2, 0) is 32.6 Å². The van der Waals surface area contributed by atoms with Crippen molar-refractivity contribution in [2.75, 3.05) is 17.1 Å². The fraction of sp³-hybridized carbons (Fsp3) is 0.394. The molecular weight excluding hydrogens is 534 g/mol. The Morgan fingerprint density at radius 1 is 0.902 bits per heavy atom. The highest BCUT2D eigenvalue weighted by molar-refractivity contribution is 7.92. The first-order valence-electron chi connectivity index (χ1n) is 14.3. The van der Waals surface area contributed by atoms with Crippen LogP contribution in [0, 0.1) is 13.8 Å². The highest BCUT2D eigenvalue weighted by atomic mass is 32.2. The molecule has 0 heterocycles. The van der Waals surface area contributed by atoms with E-state index in [-0.39, 0.29) is 18.5 Å². The minimum absolute atomic E-state index is 0.0738. The molecule has 7 nitrogen and oxygen atoms in total. The maximum Gasteiger partial charge on any atom is 0.244 e. The molecule has 1 aliphatic carbocycles. The predicted octanol–water partition coefficient (Wildman–Crippen LogP) is 5.16. The average molecular weight is 576 g/mol. The molecular formula is C33H41N3O4S. The molecule has 1 atom stereocenters. The molecule has 0 radical (unpaired) electrons. The molecule has 1 fully saturated rings. The summed E-state index contributed by atoms with van der Waals surface area (Å²) in [7, 11) is -3.79. The van der Waals surface area contributed by atoms with Crippen LogP contribution in [0.2, 0.25) is 0 Å². The average Bonchev–Trinajstić information content (AvgIpc) is 2.95. The van der Waals surface area contributed by atoms with Gasteiger partial charge in [0.15, 0.2) is 0 Å². The molecule has 3 aromatic rings. The molecule has 41 heavy (non-hydrogen) atoms. The Balaban J connectivity index is 1.73. The summed E-state index contributed by atoms with van der Waals surface area (Å²) in [6, 6.07) is 23.8. The molecule has 0 bridgehead atoms. The molecule has 8 heteroatoms. The van der Waals surface area contributed by atoms with Crippen molar-refractivity contribution < 1.29 is 18.0 Å². The quantitative estimate of drug-likeness (QED) is 0.342. The normalized spacial score (nSPS) is 14.7. The van der Waals surface area contributed by atoms with Gasteiger partial charge in [0.25, 0.3) is 0 Å². The van der Waals surface area contributed by atoms with Gasteiger partial charge >= 0.3 is 0 Å². The summed E-state index contributed by atoms with van der Waals surface area (Å²) in [4.78, 5) is 29.8. The molecule has 4 rings (SSSR count). The Morgan fingerprint density at radius 2 is 1.59 bits per heavy atom. The van der Waals surface area contributed by atoms with Gasteiger partial charge in [-0.1, -0.05) is 86.0 Å². The Hall–Kier alpha value is -3.65.